The van der Waals surface area contributed by atoms with E-state index in [1.54, 1.807) is 29.2 Å². The highest BCUT2D eigenvalue weighted by atomic mass is 32.2. The maximum atomic E-state index is 12.8. The smallest absolute Gasteiger partial charge is 0.244 e. The second-order valence-corrected chi connectivity index (χ2v) is 7.78. The fraction of sp³-hybridized carbons (Fsp3) is 0.263. The molecule has 7 nitrogen and oxygen atoms in total. The van der Waals surface area contributed by atoms with Gasteiger partial charge in [0, 0.05) is 25.0 Å². The molecular formula is C19H22N4O3S. The number of nitrogens with zero attached hydrogens (tertiary/aromatic N) is 3. The van der Waals surface area contributed by atoms with Crippen molar-refractivity contribution in [1.82, 2.24) is 19.5 Å². The minimum Gasteiger partial charge on any atom is -0.495 e. The Hall–Kier alpha value is -2.71. The first-order valence-electron chi connectivity index (χ1n) is 8.54. The van der Waals surface area contributed by atoms with Crippen molar-refractivity contribution in [3.63, 3.8) is 0 Å². The van der Waals surface area contributed by atoms with Crippen LogP contribution in [0.25, 0.3) is 11.3 Å². The number of benzene rings is 1. The number of rotatable bonds is 7. The normalized spacial score (nSPS) is 11.5. The first kappa shape index (κ1) is 19.1. The number of ether oxygens (including phenoxy) is 1. The lowest BCUT2D eigenvalue weighted by molar-refractivity contribution is 0.402. The van der Waals surface area contributed by atoms with E-state index in [1.807, 2.05) is 38.2 Å². The number of pyridine rings is 1. The molecule has 142 valence electrons. The molecule has 0 aliphatic rings. The van der Waals surface area contributed by atoms with Gasteiger partial charge in [0.25, 0.3) is 0 Å². The van der Waals surface area contributed by atoms with Crippen LogP contribution in [0.1, 0.15) is 18.2 Å². The van der Waals surface area contributed by atoms with Crippen molar-refractivity contribution in [3.05, 3.63) is 60.0 Å². The number of aromatic nitrogens is 3. The van der Waals surface area contributed by atoms with Crippen LogP contribution in [0.4, 0.5) is 0 Å². The van der Waals surface area contributed by atoms with E-state index in [2.05, 4.69) is 14.8 Å². The van der Waals surface area contributed by atoms with Crippen molar-refractivity contribution in [2.45, 2.75) is 24.8 Å². The Morgan fingerprint density at radius 2 is 1.89 bits per heavy atom. The molecule has 27 heavy (non-hydrogen) atoms. The fourth-order valence-corrected chi connectivity index (χ4v) is 4.02. The van der Waals surface area contributed by atoms with E-state index in [0.717, 1.165) is 23.2 Å². The lowest BCUT2D eigenvalue weighted by atomic mass is 10.2. The lowest BCUT2D eigenvalue weighted by Crippen LogP contribution is -2.24. The Labute approximate surface area is 159 Å². The van der Waals surface area contributed by atoms with Gasteiger partial charge in [0.15, 0.2) is 0 Å². The number of hydrogen-bond donors (Lipinski definition) is 1. The molecule has 1 aromatic carbocycles. The molecule has 2 aromatic heterocycles. The van der Waals surface area contributed by atoms with Gasteiger partial charge in [-0.25, -0.2) is 13.1 Å². The molecule has 1 N–H and O–H groups in total. The van der Waals surface area contributed by atoms with Crippen LogP contribution in [0.5, 0.6) is 5.75 Å². The molecule has 0 atom stereocenters. The molecule has 0 spiro atoms. The summed E-state index contributed by atoms with van der Waals surface area (Å²) in [4.78, 5) is 4.14. The Kier molecular flexibility index (Phi) is 5.57. The van der Waals surface area contributed by atoms with E-state index in [1.165, 1.54) is 7.11 Å². The van der Waals surface area contributed by atoms with E-state index in [-0.39, 0.29) is 11.4 Å². The molecule has 0 amide bonds. The standard InChI is InChI=1S/C19H22N4O3S/c1-4-14-5-6-18(26-3)19(11-14)27(24,25)21-13-16-12-17(23(2)22-16)15-7-9-20-10-8-15/h5-12,21H,4,13H2,1-3H3. The quantitative estimate of drug-likeness (QED) is 0.674. The summed E-state index contributed by atoms with van der Waals surface area (Å²) >= 11 is 0. The average molecular weight is 386 g/mol. The van der Waals surface area contributed by atoms with Gasteiger partial charge in [-0.05, 0) is 42.3 Å². The van der Waals surface area contributed by atoms with Gasteiger partial charge in [0.2, 0.25) is 10.0 Å². The zero-order chi connectivity index (χ0) is 19.4. The molecule has 3 aromatic rings. The largest absolute Gasteiger partial charge is 0.495 e. The topological polar surface area (TPSA) is 86.1 Å². The van der Waals surface area contributed by atoms with Crippen molar-refractivity contribution in [3.8, 4) is 17.0 Å². The number of sulfonamides is 1. The average Bonchev–Trinajstić information content (AvgIpc) is 3.07. The summed E-state index contributed by atoms with van der Waals surface area (Å²) in [6.45, 7) is 2.06. The number of aryl methyl sites for hydroxylation is 2. The predicted molar refractivity (Wildman–Crippen MR) is 103 cm³/mol. The number of methoxy groups -OCH3 is 1. The van der Waals surface area contributed by atoms with Gasteiger partial charge < -0.3 is 4.74 Å². The predicted octanol–water partition coefficient (Wildman–Crippen LogP) is 2.53. The van der Waals surface area contributed by atoms with Gasteiger partial charge in [-0.3, -0.25) is 9.67 Å². The molecule has 0 fully saturated rings. The Morgan fingerprint density at radius 1 is 1.15 bits per heavy atom. The second kappa shape index (κ2) is 7.89. The number of nitrogens with one attached hydrogen (secondary N) is 1. The fourth-order valence-electron chi connectivity index (χ4n) is 2.80. The van der Waals surface area contributed by atoms with Crippen LogP contribution in [0.2, 0.25) is 0 Å². The Bertz CT molecular complexity index is 1030. The first-order chi connectivity index (χ1) is 12.9. The van der Waals surface area contributed by atoms with Crippen molar-refractivity contribution in [2.24, 2.45) is 7.05 Å². The molecule has 0 aliphatic carbocycles. The van der Waals surface area contributed by atoms with Gasteiger partial charge in [0.05, 0.1) is 25.0 Å². The molecule has 0 saturated carbocycles. The van der Waals surface area contributed by atoms with Gasteiger partial charge in [-0.1, -0.05) is 13.0 Å². The SMILES string of the molecule is CCc1ccc(OC)c(S(=O)(=O)NCc2cc(-c3ccncc3)n(C)n2)c1. The van der Waals surface area contributed by atoms with Crippen molar-refractivity contribution < 1.29 is 13.2 Å². The van der Waals surface area contributed by atoms with Crippen LogP contribution >= 0.6 is 0 Å². The Morgan fingerprint density at radius 3 is 2.56 bits per heavy atom. The van der Waals surface area contributed by atoms with Gasteiger partial charge in [0.1, 0.15) is 10.6 Å². The van der Waals surface area contributed by atoms with Crippen molar-refractivity contribution >= 4 is 10.0 Å². The molecule has 0 saturated heterocycles. The first-order valence-corrected chi connectivity index (χ1v) is 10.0. The van der Waals surface area contributed by atoms with E-state index in [4.69, 9.17) is 4.74 Å². The van der Waals surface area contributed by atoms with Crippen LogP contribution in [0, 0.1) is 0 Å². The summed E-state index contributed by atoms with van der Waals surface area (Å²) in [6.07, 6.45) is 4.15. The minimum atomic E-state index is -3.74. The highest BCUT2D eigenvalue weighted by Crippen LogP contribution is 2.25. The third kappa shape index (κ3) is 4.17. The van der Waals surface area contributed by atoms with Gasteiger partial charge in [-0.2, -0.15) is 5.10 Å². The van der Waals surface area contributed by atoms with E-state index >= 15 is 0 Å². The molecular weight excluding hydrogens is 364 g/mol. The highest BCUT2D eigenvalue weighted by molar-refractivity contribution is 7.89. The van der Waals surface area contributed by atoms with Crippen LogP contribution in [0.3, 0.4) is 0 Å². The van der Waals surface area contributed by atoms with Crippen LogP contribution in [-0.2, 0) is 30.0 Å². The van der Waals surface area contributed by atoms with Crippen LogP contribution in [-0.4, -0.2) is 30.3 Å². The summed E-state index contributed by atoms with van der Waals surface area (Å²) in [7, 11) is -0.457. The molecule has 2 heterocycles. The van der Waals surface area contributed by atoms with E-state index in [0.29, 0.717) is 11.4 Å². The third-order valence-corrected chi connectivity index (χ3v) is 5.70. The molecule has 3 rings (SSSR count). The highest BCUT2D eigenvalue weighted by Gasteiger charge is 2.20. The molecule has 0 unspecified atom stereocenters. The number of hydrogen-bond acceptors (Lipinski definition) is 5. The van der Waals surface area contributed by atoms with E-state index < -0.39 is 10.0 Å². The summed E-state index contributed by atoms with van der Waals surface area (Å²) in [5, 5.41) is 4.40. The summed E-state index contributed by atoms with van der Waals surface area (Å²) in [5.74, 6) is 0.318. The summed E-state index contributed by atoms with van der Waals surface area (Å²) in [6, 6.07) is 10.8. The third-order valence-electron chi connectivity index (χ3n) is 4.28. The van der Waals surface area contributed by atoms with Crippen LogP contribution in [0.15, 0.2) is 53.7 Å². The van der Waals surface area contributed by atoms with Gasteiger partial charge in [-0.15, -0.1) is 0 Å². The second-order valence-electron chi connectivity index (χ2n) is 6.04. The van der Waals surface area contributed by atoms with Crippen LogP contribution < -0.4 is 9.46 Å². The molecule has 8 heteroatoms. The lowest BCUT2D eigenvalue weighted by Gasteiger charge is -2.11. The van der Waals surface area contributed by atoms with E-state index in [9.17, 15) is 8.42 Å². The maximum absolute atomic E-state index is 12.8. The molecule has 0 radical (unpaired) electrons. The molecule has 0 aliphatic heterocycles. The zero-order valence-electron chi connectivity index (χ0n) is 15.5. The van der Waals surface area contributed by atoms with Crippen molar-refractivity contribution in [2.75, 3.05) is 7.11 Å². The maximum Gasteiger partial charge on any atom is 0.244 e. The monoisotopic (exact) mass is 386 g/mol. The Balaban J connectivity index is 1.83. The summed E-state index contributed by atoms with van der Waals surface area (Å²) < 4.78 is 35.1. The summed E-state index contributed by atoms with van der Waals surface area (Å²) in [5.41, 5.74) is 3.40. The van der Waals surface area contributed by atoms with Crippen molar-refractivity contribution in [1.29, 1.82) is 0 Å². The minimum absolute atomic E-state index is 0.0841. The zero-order valence-corrected chi connectivity index (χ0v) is 16.3. The molecule has 0 bridgehead atoms. The van der Waals surface area contributed by atoms with Gasteiger partial charge >= 0.3 is 0 Å².